The average Bonchev–Trinajstić information content (AvgIpc) is 2.16. The molecule has 0 N–H and O–H groups in total. The van der Waals surface area contributed by atoms with Crippen LogP contribution in [0.5, 0.6) is 0 Å². The molecule has 0 heteroatoms. The molecule has 2 rings (SSSR count). The number of hydrogen-bond donors (Lipinski definition) is 0. The maximum atomic E-state index is 4.26. The van der Waals surface area contributed by atoms with Crippen LogP contribution in [-0.2, 0) is 0 Å². The summed E-state index contributed by atoms with van der Waals surface area (Å²) >= 11 is 0. The summed E-state index contributed by atoms with van der Waals surface area (Å²) in [4.78, 5) is 0. The van der Waals surface area contributed by atoms with E-state index < -0.39 is 0 Å². The molecule has 84 valence electrons. The van der Waals surface area contributed by atoms with Crippen LogP contribution in [0.3, 0.4) is 0 Å². The zero-order chi connectivity index (χ0) is 11.2. The van der Waals surface area contributed by atoms with Crippen LogP contribution < -0.4 is 0 Å². The number of rotatable bonds is 1. The fraction of sp³-hybridized carbons (Fsp3) is 0.733. The normalized spacial score (nSPS) is 44.8. The Labute approximate surface area is 94.5 Å². The second-order valence-electron chi connectivity index (χ2n) is 6.01. The van der Waals surface area contributed by atoms with E-state index in [1.807, 2.05) is 0 Å². The highest BCUT2D eigenvalue weighted by Gasteiger charge is 2.46. The first-order chi connectivity index (χ1) is 6.97. The number of fused-ring (bicyclic) bond motifs is 2. The Kier molecular flexibility index (Phi) is 2.56. The third-order valence-electron chi connectivity index (χ3n) is 5.16. The third-order valence-corrected chi connectivity index (χ3v) is 5.16. The Balaban J connectivity index is 2.39. The quantitative estimate of drug-likeness (QED) is 0.548. The summed E-state index contributed by atoms with van der Waals surface area (Å²) in [5.74, 6) is 2.50. The lowest BCUT2D eigenvalue weighted by Crippen LogP contribution is -2.42. The topological polar surface area (TPSA) is 0 Å². The predicted molar refractivity (Wildman–Crippen MR) is 66.7 cm³/mol. The summed E-state index contributed by atoms with van der Waals surface area (Å²) in [6.07, 6.45) is 6.45. The maximum Gasteiger partial charge on any atom is -0.00275 e. The van der Waals surface area contributed by atoms with E-state index in [9.17, 15) is 0 Å². The Morgan fingerprint density at radius 3 is 2.73 bits per heavy atom. The molecule has 1 saturated carbocycles. The molecule has 2 bridgehead atoms. The van der Waals surface area contributed by atoms with Crippen molar-refractivity contribution in [3.05, 3.63) is 23.8 Å². The minimum absolute atomic E-state index is 0.427. The standard InChI is InChI=1S/C15H24/c1-10(2)15-7-6-11(3)14(9-15)12(4)8-13(15)5/h6,12-14H,1,7-9H2,2-5H3/t12-,13-,14+,15-/m0/s1. The van der Waals surface area contributed by atoms with Gasteiger partial charge in [0, 0.05) is 0 Å². The van der Waals surface area contributed by atoms with Crippen molar-refractivity contribution in [3.63, 3.8) is 0 Å². The molecule has 0 aromatic carbocycles. The van der Waals surface area contributed by atoms with Crippen LogP contribution in [0.25, 0.3) is 0 Å². The molecule has 0 radical (unpaired) electrons. The average molecular weight is 204 g/mol. The Morgan fingerprint density at radius 1 is 1.47 bits per heavy atom. The Morgan fingerprint density at radius 2 is 2.13 bits per heavy atom. The van der Waals surface area contributed by atoms with Crippen molar-refractivity contribution in [2.45, 2.75) is 47.0 Å². The Hall–Kier alpha value is -0.520. The molecule has 4 atom stereocenters. The lowest BCUT2D eigenvalue weighted by atomic mass is 9.53. The van der Waals surface area contributed by atoms with Crippen molar-refractivity contribution in [2.24, 2.45) is 23.2 Å². The fourth-order valence-corrected chi connectivity index (χ4v) is 3.90. The molecule has 0 aliphatic heterocycles. The highest BCUT2D eigenvalue weighted by atomic mass is 14.5. The van der Waals surface area contributed by atoms with E-state index in [0.29, 0.717) is 5.41 Å². The first kappa shape index (κ1) is 11.0. The lowest BCUT2D eigenvalue weighted by molar-refractivity contribution is 0.0708. The van der Waals surface area contributed by atoms with Gasteiger partial charge in [-0.2, -0.15) is 0 Å². The molecule has 0 spiro atoms. The van der Waals surface area contributed by atoms with E-state index >= 15 is 0 Å². The minimum Gasteiger partial charge on any atom is -0.0996 e. The first-order valence-electron chi connectivity index (χ1n) is 6.30. The van der Waals surface area contributed by atoms with Crippen LogP contribution in [0.2, 0.25) is 0 Å². The fourth-order valence-electron chi connectivity index (χ4n) is 3.90. The Bertz CT molecular complexity index is 310. The molecule has 0 aromatic heterocycles. The van der Waals surface area contributed by atoms with Gasteiger partial charge in [0.2, 0.25) is 0 Å². The first-order valence-corrected chi connectivity index (χ1v) is 6.30. The van der Waals surface area contributed by atoms with Gasteiger partial charge in [-0.1, -0.05) is 37.6 Å². The molecule has 0 amide bonds. The molecule has 1 fully saturated rings. The maximum absolute atomic E-state index is 4.26. The lowest BCUT2D eigenvalue weighted by Gasteiger charge is -2.52. The summed E-state index contributed by atoms with van der Waals surface area (Å²) in [6.45, 7) is 13.7. The molecule has 0 aromatic rings. The number of hydrogen-bond acceptors (Lipinski definition) is 0. The zero-order valence-electron chi connectivity index (χ0n) is 10.6. The van der Waals surface area contributed by atoms with Crippen molar-refractivity contribution < 1.29 is 0 Å². The largest absolute Gasteiger partial charge is 0.0996 e. The molecule has 0 unspecified atom stereocenters. The summed E-state index contributed by atoms with van der Waals surface area (Å²) in [5.41, 5.74) is 3.47. The molecular weight excluding hydrogens is 180 g/mol. The van der Waals surface area contributed by atoms with Gasteiger partial charge in [-0.05, 0) is 56.3 Å². The molecule has 2 aliphatic rings. The highest BCUT2D eigenvalue weighted by Crippen LogP contribution is 2.56. The van der Waals surface area contributed by atoms with Crippen molar-refractivity contribution >= 4 is 0 Å². The predicted octanol–water partition coefficient (Wildman–Crippen LogP) is 4.58. The van der Waals surface area contributed by atoms with Gasteiger partial charge in [-0.3, -0.25) is 0 Å². The van der Waals surface area contributed by atoms with E-state index in [4.69, 9.17) is 0 Å². The van der Waals surface area contributed by atoms with Gasteiger partial charge in [0.1, 0.15) is 0 Å². The van der Waals surface area contributed by atoms with Gasteiger partial charge in [0.05, 0.1) is 0 Å². The smallest absolute Gasteiger partial charge is 0.00275 e. The summed E-state index contributed by atoms with van der Waals surface area (Å²) in [6, 6.07) is 0. The second-order valence-corrected chi connectivity index (χ2v) is 6.01. The van der Waals surface area contributed by atoms with Crippen LogP contribution in [0.1, 0.15) is 47.0 Å². The van der Waals surface area contributed by atoms with Crippen molar-refractivity contribution in [2.75, 3.05) is 0 Å². The molecule has 0 nitrogen and oxygen atoms in total. The van der Waals surface area contributed by atoms with Crippen molar-refractivity contribution in [3.8, 4) is 0 Å². The van der Waals surface area contributed by atoms with Crippen LogP contribution in [0, 0.1) is 23.2 Å². The molecular formula is C15H24. The molecule has 2 aliphatic carbocycles. The molecule has 15 heavy (non-hydrogen) atoms. The van der Waals surface area contributed by atoms with E-state index in [1.165, 1.54) is 24.8 Å². The molecule has 0 saturated heterocycles. The van der Waals surface area contributed by atoms with Crippen molar-refractivity contribution in [1.82, 2.24) is 0 Å². The van der Waals surface area contributed by atoms with Crippen molar-refractivity contribution in [1.29, 1.82) is 0 Å². The SMILES string of the molecule is C=C(C)[C@]12CC=C(C)[C@@H](C1)[C@@H](C)C[C@@H]2C. The van der Waals surface area contributed by atoms with Crippen LogP contribution in [0.4, 0.5) is 0 Å². The van der Waals surface area contributed by atoms with E-state index in [2.05, 4.69) is 40.3 Å². The van der Waals surface area contributed by atoms with Gasteiger partial charge in [0.15, 0.2) is 0 Å². The summed E-state index contributed by atoms with van der Waals surface area (Å²) in [5, 5.41) is 0. The van der Waals surface area contributed by atoms with Gasteiger partial charge in [-0.25, -0.2) is 0 Å². The van der Waals surface area contributed by atoms with Crippen LogP contribution >= 0.6 is 0 Å². The van der Waals surface area contributed by atoms with E-state index in [-0.39, 0.29) is 0 Å². The monoisotopic (exact) mass is 204 g/mol. The van der Waals surface area contributed by atoms with Crippen LogP contribution in [0.15, 0.2) is 23.8 Å². The summed E-state index contributed by atoms with van der Waals surface area (Å²) < 4.78 is 0. The van der Waals surface area contributed by atoms with Gasteiger partial charge in [-0.15, -0.1) is 0 Å². The van der Waals surface area contributed by atoms with Gasteiger partial charge in [0.25, 0.3) is 0 Å². The zero-order valence-corrected chi connectivity index (χ0v) is 10.6. The van der Waals surface area contributed by atoms with Crippen LogP contribution in [-0.4, -0.2) is 0 Å². The second kappa shape index (κ2) is 3.50. The molecule has 0 heterocycles. The highest BCUT2D eigenvalue weighted by molar-refractivity contribution is 5.24. The third kappa shape index (κ3) is 1.49. The number of allylic oxidation sites excluding steroid dienone is 3. The van der Waals surface area contributed by atoms with Gasteiger partial charge < -0.3 is 0 Å². The van der Waals surface area contributed by atoms with E-state index in [0.717, 1.165) is 17.8 Å². The summed E-state index contributed by atoms with van der Waals surface area (Å²) in [7, 11) is 0. The van der Waals surface area contributed by atoms with E-state index in [1.54, 1.807) is 5.57 Å². The minimum atomic E-state index is 0.427. The van der Waals surface area contributed by atoms with Gasteiger partial charge >= 0.3 is 0 Å².